The number of benzene rings is 1. The number of aryl methyl sites for hydroxylation is 2. The molecule has 3 heterocycles. The van der Waals surface area contributed by atoms with Crippen LogP contribution < -0.4 is 5.56 Å². The SMILES string of the molecule is Cc1cc(C)n(-c2cccc(-c3cc(=O)n(O)c4ncccc34)c2)n1. The van der Waals surface area contributed by atoms with Crippen LogP contribution in [0.3, 0.4) is 0 Å². The number of aromatic nitrogens is 4. The van der Waals surface area contributed by atoms with Gasteiger partial charge in [-0.3, -0.25) is 4.79 Å². The van der Waals surface area contributed by atoms with Crippen molar-refractivity contribution in [3.05, 3.63) is 76.5 Å². The molecule has 0 aliphatic heterocycles. The maximum Gasteiger partial charge on any atom is 0.285 e. The summed E-state index contributed by atoms with van der Waals surface area (Å²) in [5.74, 6) is 0. The first-order valence-electron chi connectivity index (χ1n) is 7.89. The zero-order valence-corrected chi connectivity index (χ0v) is 13.8. The quantitative estimate of drug-likeness (QED) is 0.573. The lowest BCUT2D eigenvalue weighted by Gasteiger charge is -2.10. The van der Waals surface area contributed by atoms with Gasteiger partial charge in [0.2, 0.25) is 0 Å². The number of hydrogen-bond donors (Lipinski definition) is 1. The van der Waals surface area contributed by atoms with E-state index in [1.165, 1.54) is 6.07 Å². The zero-order valence-electron chi connectivity index (χ0n) is 13.8. The summed E-state index contributed by atoms with van der Waals surface area (Å²) in [5.41, 5.74) is 4.20. The van der Waals surface area contributed by atoms with Crippen LogP contribution in [-0.2, 0) is 0 Å². The average molecular weight is 332 g/mol. The summed E-state index contributed by atoms with van der Waals surface area (Å²) in [6.45, 7) is 3.95. The minimum atomic E-state index is -0.516. The van der Waals surface area contributed by atoms with Crippen molar-refractivity contribution in [3.8, 4) is 16.8 Å². The number of fused-ring (bicyclic) bond motifs is 1. The molecule has 1 aromatic carbocycles. The highest BCUT2D eigenvalue weighted by Gasteiger charge is 2.12. The lowest BCUT2D eigenvalue weighted by molar-refractivity contribution is 0.187. The van der Waals surface area contributed by atoms with Crippen LogP contribution in [0.15, 0.2) is 59.5 Å². The molecule has 25 heavy (non-hydrogen) atoms. The van der Waals surface area contributed by atoms with Crippen LogP contribution in [0.25, 0.3) is 27.8 Å². The Kier molecular flexibility index (Phi) is 3.39. The van der Waals surface area contributed by atoms with Gasteiger partial charge in [0.25, 0.3) is 5.56 Å². The van der Waals surface area contributed by atoms with Gasteiger partial charge >= 0.3 is 0 Å². The van der Waals surface area contributed by atoms with Crippen LogP contribution in [-0.4, -0.2) is 24.7 Å². The van der Waals surface area contributed by atoms with E-state index < -0.39 is 5.56 Å². The molecule has 6 nitrogen and oxygen atoms in total. The molecular weight excluding hydrogens is 316 g/mol. The fourth-order valence-corrected chi connectivity index (χ4v) is 3.08. The molecule has 0 radical (unpaired) electrons. The summed E-state index contributed by atoms with van der Waals surface area (Å²) in [6, 6.07) is 14.8. The molecule has 0 saturated carbocycles. The molecule has 3 aromatic heterocycles. The van der Waals surface area contributed by atoms with E-state index in [4.69, 9.17) is 0 Å². The Balaban J connectivity index is 1.96. The molecule has 0 aliphatic carbocycles. The summed E-state index contributed by atoms with van der Waals surface area (Å²) in [5, 5.41) is 15.1. The van der Waals surface area contributed by atoms with E-state index in [1.54, 1.807) is 12.3 Å². The van der Waals surface area contributed by atoms with E-state index in [1.807, 2.05) is 54.9 Å². The monoisotopic (exact) mass is 332 g/mol. The van der Waals surface area contributed by atoms with Crippen LogP contribution >= 0.6 is 0 Å². The molecule has 0 unspecified atom stereocenters. The summed E-state index contributed by atoms with van der Waals surface area (Å²) < 4.78 is 2.44. The number of pyridine rings is 2. The lowest BCUT2D eigenvalue weighted by Crippen LogP contribution is -2.18. The third-order valence-corrected chi connectivity index (χ3v) is 4.17. The van der Waals surface area contributed by atoms with Crippen LogP contribution in [0.4, 0.5) is 0 Å². The van der Waals surface area contributed by atoms with Crippen molar-refractivity contribution in [2.45, 2.75) is 13.8 Å². The van der Waals surface area contributed by atoms with Gasteiger partial charge in [-0.15, -0.1) is 4.73 Å². The first-order chi connectivity index (χ1) is 12.0. The smallest absolute Gasteiger partial charge is 0.285 e. The Morgan fingerprint density at radius 1 is 1.04 bits per heavy atom. The van der Waals surface area contributed by atoms with E-state index in [0.717, 1.165) is 28.2 Å². The van der Waals surface area contributed by atoms with Gasteiger partial charge in [0.05, 0.1) is 11.4 Å². The van der Waals surface area contributed by atoms with Crippen LogP contribution in [0.5, 0.6) is 0 Å². The molecule has 4 aromatic rings. The highest BCUT2D eigenvalue weighted by Crippen LogP contribution is 2.27. The summed E-state index contributed by atoms with van der Waals surface area (Å²) in [7, 11) is 0. The Bertz CT molecular complexity index is 1160. The van der Waals surface area contributed by atoms with E-state index in [2.05, 4.69) is 10.1 Å². The molecular formula is C19H16N4O2. The van der Waals surface area contributed by atoms with Crippen molar-refractivity contribution in [2.75, 3.05) is 0 Å². The van der Waals surface area contributed by atoms with E-state index in [-0.39, 0.29) is 5.65 Å². The second-order valence-electron chi connectivity index (χ2n) is 5.97. The van der Waals surface area contributed by atoms with Gasteiger partial charge in [0.1, 0.15) is 0 Å². The standard InChI is InChI=1S/C19H16N4O2/c1-12-9-13(2)22(21-12)15-6-3-5-14(10-15)17-11-18(24)23(25)19-16(17)7-4-8-20-19/h3-11,25H,1-2H3. The predicted octanol–water partition coefficient (Wildman–Crippen LogP) is 3.10. The summed E-state index contributed by atoms with van der Waals surface area (Å²) >= 11 is 0. The highest BCUT2D eigenvalue weighted by molar-refractivity contribution is 5.92. The second kappa shape index (κ2) is 5.59. The Labute approximate surface area is 143 Å². The maximum absolute atomic E-state index is 12.1. The molecule has 0 fully saturated rings. The molecule has 0 aliphatic rings. The van der Waals surface area contributed by atoms with Crippen molar-refractivity contribution >= 4 is 11.0 Å². The molecule has 0 spiro atoms. The maximum atomic E-state index is 12.1. The van der Waals surface area contributed by atoms with E-state index in [9.17, 15) is 10.0 Å². The second-order valence-corrected chi connectivity index (χ2v) is 5.97. The third kappa shape index (κ3) is 2.48. The highest BCUT2D eigenvalue weighted by atomic mass is 16.5. The topological polar surface area (TPSA) is 72.9 Å². The van der Waals surface area contributed by atoms with Crippen molar-refractivity contribution in [1.82, 2.24) is 19.5 Å². The Hall–Kier alpha value is -3.41. The first-order valence-corrected chi connectivity index (χ1v) is 7.89. The number of nitrogens with zero attached hydrogens (tertiary/aromatic N) is 4. The van der Waals surface area contributed by atoms with Gasteiger partial charge in [-0.1, -0.05) is 12.1 Å². The van der Waals surface area contributed by atoms with E-state index >= 15 is 0 Å². The van der Waals surface area contributed by atoms with Crippen LogP contribution in [0.1, 0.15) is 11.4 Å². The van der Waals surface area contributed by atoms with E-state index in [0.29, 0.717) is 10.1 Å². The molecule has 4 rings (SSSR count). The van der Waals surface area contributed by atoms with Crippen LogP contribution in [0.2, 0.25) is 0 Å². The van der Waals surface area contributed by atoms with Gasteiger partial charge in [0.15, 0.2) is 5.65 Å². The van der Waals surface area contributed by atoms with Crippen molar-refractivity contribution in [2.24, 2.45) is 0 Å². The average Bonchev–Trinajstić information content (AvgIpc) is 2.96. The van der Waals surface area contributed by atoms with Crippen molar-refractivity contribution in [3.63, 3.8) is 0 Å². The molecule has 0 atom stereocenters. The third-order valence-electron chi connectivity index (χ3n) is 4.17. The van der Waals surface area contributed by atoms with Crippen LogP contribution in [0, 0.1) is 13.8 Å². The van der Waals surface area contributed by atoms with Crippen molar-refractivity contribution < 1.29 is 5.21 Å². The minimum Gasteiger partial charge on any atom is -0.423 e. The normalized spacial score (nSPS) is 11.1. The molecule has 6 heteroatoms. The summed E-state index contributed by atoms with van der Waals surface area (Å²) in [6.07, 6.45) is 1.55. The van der Waals surface area contributed by atoms with Gasteiger partial charge < -0.3 is 5.21 Å². The zero-order chi connectivity index (χ0) is 17.6. The minimum absolute atomic E-state index is 0.238. The first kappa shape index (κ1) is 15.1. The molecule has 124 valence electrons. The Morgan fingerprint density at radius 2 is 1.88 bits per heavy atom. The molecule has 0 bridgehead atoms. The molecule has 0 saturated heterocycles. The van der Waals surface area contributed by atoms with Gasteiger partial charge in [0, 0.05) is 23.3 Å². The molecule has 1 N–H and O–H groups in total. The lowest BCUT2D eigenvalue weighted by atomic mass is 10.0. The summed E-state index contributed by atoms with van der Waals surface area (Å²) in [4.78, 5) is 16.2. The fraction of sp³-hybridized carbons (Fsp3) is 0.105. The van der Waals surface area contributed by atoms with Crippen molar-refractivity contribution in [1.29, 1.82) is 0 Å². The number of rotatable bonds is 2. The van der Waals surface area contributed by atoms with Gasteiger partial charge in [-0.2, -0.15) is 5.10 Å². The largest absolute Gasteiger partial charge is 0.423 e. The Morgan fingerprint density at radius 3 is 2.64 bits per heavy atom. The fourth-order valence-electron chi connectivity index (χ4n) is 3.08. The van der Waals surface area contributed by atoms with Gasteiger partial charge in [-0.05, 0) is 55.3 Å². The molecule has 0 amide bonds. The number of hydrogen-bond acceptors (Lipinski definition) is 4. The predicted molar refractivity (Wildman–Crippen MR) is 95.2 cm³/mol. The van der Waals surface area contributed by atoms with Gasteiger partial charge in [-0.25, -0.2) is 9.67 Å².